The number of fused-ring (bicyclic) bond motifs is 2. The van der Waals surface area contributed by atoms with Crippen molar-refractivity contribution in [3.05, 3.63) is 53.3 Å². The number of phenols is 2. The number of carbonyl (C=O) groups excluding carboxylic acids is 3. The van der Waals surface area contributed by atoms with Crippen molar-refractivity contribution in [2.75, 3.05) is 12.4 Å². The van der Waals surface area contributed by atoms with Crippen molar-refractivity contribution in [1.82, 2.24) is 14.9 Å². The number of imide groups is 1. The van der Waals surface area contributed by atoms with E-state index in [-0.39, 0.29) is 28.7 Å². The van der Waals surface area contributed by atoms with Crippen molar-refractivity contribution >= 4 is 34.6 Å². The molecule has 2 heterocycles. The second kappa shape index (κ2) is 6.75. The van der Waals surface area contributed by atoms with Gasteiger partial charge in [0.05, 0.1) is 13.7 Å². The summed E-state index contributed by atoms with van der Waals surface area (Å²) in [4.78, 5) is 45.6. The average molecular weight is 394 g/mol. The highest BCUT2D eigenvalue weighted by atomic mass is 16.5. The Labute approximate surface area is 163 Å². The van der Waals surface area contributed by atoms with Crippen molar-refractivity contribution in [1.29, 1.82) is 0 Å². The minimum atomic E-state index is -0.748. The molecule has 1 aliphatic rings. The van der Waals surface area contributed by atoms with E-state index in [9.17, 15) is 24.6 Å². The van der Waals surface area contributed by atoms with Gasteiger partial charge in [0.15, 0.2) is 11.5 Å². The average Bonchev–Trinajstić information content (AvgIpc) is 2.98. The molecule has 0 radical (unpaired) electrons. The molecule has 3 aromatic rings. The van der Waals surface area contributed by atoms with Gasteiger partial charge in [-0.2, -0.15) is 0 Å². The minimum absolute atomic E-state index is 0.0648. The monoisotopic (exact) mass is 394 g/mol. The van der Waals surface area contributed by atoms with Crippen LogP contribution in [0.4, 0.5) is 10.5 Å². The van der Waals surface area contributed by atoms with E-state index in [1.165, 1.54) is 19.5 Å². The molecule has 0 saturated carbocycles. The highest BCUT2D eigenvalue weighted by molar-refractivity contribution is 6.26. The highest BCUT2D eigenvalue weighted by Gasteiger charge is 2.42. The number of phenolic OH excluding ortho intramolecular Hbond substituents is 2. The first kappa shape index (κ1) is 18.2. The van der Waals surface area contributed by atoms with Crippen LogP contribution in [0.15, 0.2) is 36.7 Å². The van der Waals surface area contributed by atoms with Gasteiger partial charge in [-0.3, -0.25) is 19.8 Å². The maximum Gasteiger partial charge on any atom is 0.411 e. The van der Waals surface area contributed by atoms with Gasteiger partial charge in [0.2, 0.25) is 0 Å². The standard InChI is InChI=1S/C19H14N4O6/c1-29-19(28)22-10-4-2-9(3-5-10)8-23-17(26)11-12(18(23)27)16(25)14-13(15(11)24)20-6-7-21-14/h2-7,24-25H,8H2,1H3,(H,22,28). The van der Waals surface area contributed by atoms with Crippen LogP contribution >= 0.6 is 0 Å². The number of aromatic nitrogens is 2. The molecule has 10 nitrogen and oxygen atoms in total. The van der Waals surface area contributed by atoms with Crippen LogP contribution in [0.25, 0.3) is 11.0 Å². The van der Waals surface area contributed by atoms with Crippen LogP contribution in [0.5, 0.6) is 11.5 Å². The van der Waals surface area contributed by atoms with Gasteiger partial charge in [0, 0.05) is 18.1 Å². The number of benzene rings is 2. The smallest absolute Gasteiger partial charge is 0.411 e. The summed E-state index contributed by atoms with van der Waals surface area (Å²) in [5.41, 5.74) is 0.334. The quantitative estimate of drug-likeness (QED) is 0.452. The van der Waals surface area contributed by atoms with Gasteiger partial charge in [-0.25, -0.2) is 14.8 Å². The summed E-state index contributed by atoms with van der Waals surface area (Å²) in [6.07, 6.45) is 1.98. The molecular formula is C19H14N4O6. The second-order valence-corrected chi connectivity index (χ2v) is 6.21. The number of amides is 3. The lowest BCUT2D eigenvalue weighted by molar-refractivity contribution is 0.0641. The summed E-state index contributed by atoms with van der Waals surface area (Å²) in [5.74, 6) is -2.50. The van der Waals surface area contributed by atoms with Gasteiger partial charge in [0.25, 0.3) is 11.8 Å². The molecule has 0 bridgehead atoms. The summed E-state index contributed by atoms with van der Waals surface area (Å²) < 4.78 is 4.51. The van der Waals surface area contributed by atoms with Gasteiger partial charge in [-0.1, -0.05) is 12.1 Å². The fourth-order valence-electron chi connectivity index (χ4n) is 3.13. The Morgan fingerprint density at radius 1 is 1.00 bits per heavy atom. The summed E-state index contributed by atoms with van der Waals surface area (Å²) in [6, 6.07) is 6.41. The minimum Gasteiger partial charge on any atom is -0.505 e. The Hall–Kier alpha value is -4.21. The lowest BCUT2D eigenvalue weighted by Gasteiger charge is -2.14. The van der Waals surface area contributed by atoms with Crippen molar-refractivity contribution in [2.45, 2.75) is 6.54 Å². The van der Waals surface area contributed by atoms with E-state index < -0.39 is 29.4 Å². The number of anilines is 1. The van der Waals surface area contributed by atoms with E-state index in [1.807, 2.05) is 0 Å². The third-order valence-electron chi connectivity index (χ3n) is 4.51. The summed E-state index contributed by atoms with van der Waals surface area (Å²) >= 11 is 0. The first-order valence-corrected chi connectivity index (χ1v) is 8.41. The normalized spacial score (nSPS) is 12.9. The maximum absolute atomic E-state index is 12.8. The number of methoxy groups -OCH3 is 1. The van der Waals surface area contributed by atoms with Crippen molar-refractivity contribution in [3.63, 3.8) is 0 Å². The van der Waals surface area contributed by atoms with E-state index in [0.717, 1.165) is 4.90 Å². The molecule has 0 atom stereocenters. The van der Waals surface area contributed by atoms with Crippen LogP contribution in [-0.4, -0.2) is 50.1 Å². The largest absolute Gasteiger partial charge is 0.505 e. The van der Waals surface area contributed by atoms with E-state index >= 15 is 0 Å². The number of hydrogen-bond donors (Lipinski definition) is 3. The Kier molecular flexibility index (Phi) is 4.23. The summed E-state index contributed by atoms with van der Waals surface area (Å²) in [6.45, 7) is -0.0963. The van der Waals surface area contributed by atoms with Gasteiger partial charge in [-0.15, -0.1) is 0 Å². The second-order valence-electron chi connectivity index (χ2n) is 6.21. The third-order valence-corrected chi connectivity index (χ3v) is 4.51. The van der Waals surface area contributed by atoms with Crippen molar-refractivity contribution in [2.24, 2.45) is 0 Å². The zero-order valence-electron chi connectivity index (χ0n) is 15.0. The lowest BCUT2D eigenvalue weighted by atomic mass is 10.1. The molecular weight excluding hydrogens is 380 g/mol. The van der Waals surface area contributed by atoms with Crippen LogP contribution in [0.1, 0.15) is 26.3 Å². The van der Waals surface area contributed by atoms with Gasteiger partial charge >= 0.3 is 6.09 Å². The van der Waals surface area contributed by atoms with Crippen molar-refractivity contribution in [3.8, 4) is 11.5 Å². The predicted molar refractivity (Wildman–Crippen MR) is 99.5 cm³/mol. The van der Waals surface area contributed by atoms with Gasteiger partial charge in [0.1, 0.15) is 22.2 Å². The number of nitrogens with zero attached hydrogens (tertiary/aromatic N) is 3. The molecule has 4 rings (SSSR count). The van der Waals surface area contributed by atoms with E-state index in [2.05, 4.69) is 20.0 Å². The molecule has 0 unspecified atom stereocenters. The number of nitrogens with one attached hydrogen (secondary N) is 1. The first-order valence-electron chi connectivity index (χ1n) is 8.41. The molecule has 0 saturated heterocycles. The molecule has 1 aromatic heterocycles. The summed E-state index contributed by atoms with van der Waals surface area (Å²) in [7, 11) is 1.24. The van der Waals surface area contributed by atoms with Gasteiger partial charge < -0.3 is 14.9 Å². The Morgan fingerprint density at radius 2 is 1.52 bits per heavy atom. The highest BCUT2D eigenvalue weighted by Crippen LogP contribution is 2.42. The molecule has 0 aliphatic carbocycles. The molecule has 3 N–H and O–H groups in total. The van der Waals surface area contributed by atoms with Gasteiger partial charge in [-0.05, 0) is 17.7 Å². The molecule has 146 valence electrons. The molecule has 0 fully saturated rings. The molecule has 3 amide bonds. The number of aromatic hydroxyl groups is 2. The maximum atomic E-state index is 12.8. The predicted octanol–water partition coefficient (Wildman–Crippen LogP) is 2.02. The van der Waals surface area contributed by atoms with Crippen LogP contribution < -0.4 is 5.32 Å². The third kappa shape index (κ3) is 2.87. The number of hydrogen-bond acceptors (Lipinski definition) is 8. The zero-order valence-corrected chi connectivity index (χ0v) is 15.0. The Morgan fingerprint density at radius 3 is 2.00 bits per heavy atom. The molecule has 2 aromatic carbocycles. The van der Waals surface area contributed by atoms with Crippen molar-refractivity contribution < 1.29 is 29.3 Å². The van der Waals surface area contributed by atoms with Crippen LogP contribution in [0.2, 0.25) is 0 Å². The molecule has 29 heavy (non-hydrogen) atoms. The van der Waals surface area contributed by atoms with E-state index in [1.54, 1.807) is 24.3 Å². The Balaban J connectivity index is 1.66. The number of rotatable bonds is 3. The molecule has 1 aliphatic heterocycles. The van der Waals surface area contributed by atoms with Crippen LogP contribution in [0.3, 0.4) is 0 Å². The van der Waals surface area contributed by atoms with E-state index in [0.29, 0.717) is 11.3 Å². The fourth-order valence-corrected chi connectivity index (χ4v) is 3.13. The zero-order chi connectivity index (χ0) is 20.7. The van der Waals surface area contributed by atoms with Crippen LogP contribution in [-0.2, 0) is 11.3 Å². The lowest BCUT2D eigenvalue weighted by Crippen LogP contribution is -2.29. The number of ether oxygens (including phenoxy) is 1. The SMILES string of the molecule is COC(=O)Nc1ccc(CN2C(=O)c3c(c(O)c4nccnc4c3O)C2=O)cc1. The topological polar surface area (TPSA) is 142 Å². The number of carbonyl (C=O) groups is 3. The fraction of sp³-hybridized carbons (Fsp3) is 0.105. The Bertz CT molecular complexity index is 1120. The molecule has 10 heteroatoms. The van der Waals surface area contributed by atoms with E-state index in [4.69, 9.17) is 0 Å². The van der Waals surface area contributed by atoms with Crippen LogP contribution in [0, 0.1) is 0 Å². The first-order chi connectivity index (χ1) is 13.9. The summed E-state index contributed by atoms with van der Waals surface area (Å²) in [5, 5.41) is 23.4. The molecule has 0 spiro atoms.